The Hall–Kier alpha value is -2.98. The average molecular weight is 340 g/mol. The molecule has 0 radical (unpaired) electrons. The van der Waals surface area contributed by atoms with Gasteiger partial charge in [-0.1, -0.05) is 47.7 Å². The summed E-state index contributed by atoms with van der Waals surface area (Å²) in [4.78, 5) is 6.00. The van der Waals surface area contributed by atoms with Gasteiger partial charge in [0.25, 0.3) is 0 Å². The van der Waals surface area contributed by atoms with Crippen molar-refractivity contribution in [2.75, 3.05) is 0 Å². The molecule has 0 atom stereocenters. The normalized spacial score (nSPS) is 12.6. The highest BCUT2D eigenvalue weighted by atomic mass is 32.1. The number of hydrogen-bond donors (Lipinski definition) is 0. The molecule has 0 N–H and O–H groups in total. The lowest BCUT2D eigenvalue weighted by Gasteiger charge is -2.00. The first kappa shape index (κ1) is 13.3. The van der Waals surface area contributed by atoms with Gasteiger partial charge in [0.1, 0.15) is 12.2 Å². The quantitative estimate of drug-likeness (QED) is 0.402. The fourth-order valence-electron chi connectivity index (χ4n) is 3.90. The van der Waals surface area contributed by atoms with E-state index < -0.39 is 0 Å². The molecule has 3 nitrogen and oxygen atoms in total. The van der Waals surface area contributed by atoms with Gasteiger partial charge in [-0.05, 0) is 30.3 Å². The van der Waals surface area contributed by atoms with Crippen molar-refractivity contribution >= 4 is 31.8 Å². The first-order valence-corrected chi connectivity index (χ1v) is 9.19. The maximum Gasteiger partial charge on any atom is 0.315 e. The lowest BCUT2D eigenvalue weighted by atomic mass is 10.2. The second kappa shape index (κ2) is 4.77. The van der Waals surface area contributed by atoms with Crippen LogP contribution in [0.1, 0.15) is 5.56 Å². The van der Waals surface area contributed by atoms with Gasteiger partial charge in [-0.15, -0.1) is 0 Å². The number of benzene rings is 2. The van der Waals surface area contributed by atoms with E-state index in [1.165, 1.54) is 37.5 Å². The molecule has 0 saturated carbocycles. The molecule has 0 fully saturated rings. The Kier molecular flexibility index (Phi) is 2.54. The van der Waals surface area contributed by atoms with Gasteiger partial charge in [-0.3, -0.25) is 0 Å². The van der Waals surface area contributed by atoms with Crippen LogP contribution in [0.5, 0.6) is 0 Å². The summed E-state index contributed by atoms with van der Waals surface area (Å²) in [6.07, 6.45) is 1.89. The number of hydrogen-bond acceptors (Lipinski definition) is 2. The third-order valence-electron chi connectivity index (χ3n) is 4.94. The highest BCUT2D eigenvalue weighted by molar-refractivity contribution is 7.25. The van der Waals surface area contributed by atoms with Crippen LogP contribution < -0.4 is 4.57 Å². The second-order valence-electron chi connectivity index (χ2n) is 6.34. The molecule has 0 spiro atoms. The zero-order chi connectivity index (χ0) is 16.4. The lowest BCUT2D eigenvalue weighted by Crippen LogP contribution is -2.31. The monoisotopic (exact) mass is 340 g/mol. The molecule has 0 aliphatic carbocycles. The zero-order valence-electron chi connectivity index (χ0n) is 13.4. The van der Waals surface area contributed by atoms with Gasteiger partial charge in [-0.25, -0.2) is 9.55 Å². The fraction of sp³-hybridized carbons (Fsp3) is 0.0476. The number of para-hydroxylation sites is 1. The van der Waals surface area contributed by atoms with Gasteiger partial charge in [0.05, 0.1) is 0 Å². The van der Waals surface area contributed by atoms with Gasteiger partial charge in [0.15, 0.2) is 11.2 Å². The largest absolute Gasteiger partial charge is 0.315 e. The Labute approximate surface area is 148 Å². The third kappa shape index (κ3) is 1.69. The molecule has 2 aromatic carbocycles. The summed E-state index contributed by atoms with van der Waals surface area (Å²) in [5.41, 5.74) is 4.89. The smallest absolute Gasteiger partial charge is 0.248 e. The first-order valence-electron chi connectivity index (χ1n) is 8.37. The molecule has 6 rings (SSSR count). The molecule has 1 aliphatic rings. The van der Waals surface area contributed by atoms with E-state index in [9.17, 15) is 0 Å². The van der Waals surface area contributed by atoms with Crippen molar-refractivity contribution in [1.82, 2.24) is 9.55 Å². The molecule has 0 bridgehead atoms. The van der Waals surface area contributed by atoms with Crippen LogP contribution in [0.25, 0.3) is 37.6 Å². The van der Waals surface area contributed by atoms with Crippen LogP contribution >= 0.6 is 11.3 Å². The van der Waals surface area contributed by atoms with Crippen molar-refractivity contribution < 1.29 is 4.57 Å². The number of thiophene rings is 1. The maximum absolute atomic E-state index is 4.70. The standard InChI is InChI=1S/C21H14N3S/c1-2-8-15(9-3-1)24-20-18-14(7-6-12-22-18)13-23(20)19-16-10-4-5-11-17(16)25-21(19)24/h1-12H,13H2/q+1. The molecule has 4 heteroatoms. The minimum atomic E-state index is 0.884. The fourth-order valence-corrected chi connectivity index (χ4v) is 5.13. The third-order valence-corrected chi connectivity index (χ3v) is 6.08. The lowest BCUT2D eigenvalue weighted by molar-refractivity contribution is -0.645. The van der Waals surface area contributed by atoms with E-state index in [2.05, 4.69) is 69.8 Å². The van der Waals surface area contributed by atoms with Gasteiger partial charge in [0.2, 0.25) is 4.83 Å². The molecule has 0 saturated heterocycles. The molecule has 25 heavy (non-hydrogen) atoms. The number of aromatic nitrogens is 3. The predicted octanol–water partition coefficient (Wildman–Crippen LogP) is 4.56. The van der Waals surface area contributed by atoms with Crippen LogP contribution in [-0.4, -0.2) is 9.55 Å². The summed E-state index contributed by atoms with van der Waals surface area (Å²) in [6, 6.07) is 23.5. The van der Waals surface area contributed by atoms with Crippen molar-refractivity contribution in [3.63, 3.8) is 0 Å². The van der Waals surface area contributed by atoms with Gasteiger partial charge in [-0.2, -0.15) is 4.57 Å². The van der Waals surface area contributed by atoms with Gasteiger partial charge in [0, 0.05) is 21.8 Å². The molecular weight excluding hydrogens is 326 g/mol. The summed E-state index contributed by atoms with van der Waals surface area (Å²) in [6.45, 7) is 0.884. The molecule has 0 amide bonds. The van der Waals surface area contributed by atoms with Crippen LogP contribution in [0.15, 0.2) is 72.9 Å². The average Bonchev–Trinajstić information content (AvgIpc) is 3.29. The van der Waals surface area contributed by atoms with Crippen LogP contribution in [0.3, 0.4) is 0 Å². The number of pyridine rings is 1. The highest BCUT2D eigenvalue weighted by Gasteiger charge is 2.37. The van der Waals surface area contributed by atoms with Crippen LogP contribution in [0.2, 0.25) is 0 Å². The maximum atomic E-state index is 4.70. The van der Waals surface area contributed by atoms with Crippen molar-refractivity contribution in [3.05, 3.63) is 78.5 Å². The van der Waals surface area contributed by atoms with Crippen molar-refractivity contribution in [3.8, 4) is 17.2 Å². The van der Waals surface area contributed by atoms with Crippen LogP contribution in [0, 0.1) is 0 Å². The number of nitrogens with zero attached hydrogens (tertiary/aromatic N) is 3. The number of fused-ring (bicyclic) bond motifs is 7. The topological polar surface area (TPSA) is 21.7 Å². The molecular formula is C21H14N3S+. The van der Waals surface area contributed by atoms with E-state index >= 15 is 0 Å². The molecule has 118 valence electrons. The Bertz CT molecular complexity index is 1260. The van der Waals surface area contributed by atoms with E-state index in [1.54, 1.807) is 0 Å². The zero-order valence-corrected chi connectivity index (χ0v) is 14.2. The van der Waals surface area contributed by atoms with Crippen LogP contribution in [0.4, 0.5) is 0 Å². The Balaban J connectivity index is 1.83. The van der Waals surface area contributed by atoms with E-state index in [-0.39, 0.29) is 0 Å². The summed E-state index contributed by atoms with van der Waals surface area (Å²) in [7, 11) is 0. The van der Waals surface area contributed by atoms with Crippen LogP contribution in [-0.2, 0) is 6.54 Å². The molecule has 0 unspecified atom stereocenters. The van der Waals surface area contributed by atoms with E-state index in [0.29, 0.717) is 0 Å². The van der Waals surface area contributed by atoms with Crippen molar-refractivity contribution in [2.24, 2.45) is 0 Å². The van der Waals surface area contributed by atoms with Crippen molar-refractivity contribution in [1.29, 1.82) is 0 Å². The summed E-state index contributed by atoms with van der Waals surface area (Å²) in [5, 5.41) is 1.33. The van der Waals surface area contributed by atoms with E-state index in [0.717, 1.165) is 12.2 Å². The Morgan fingerprint density at radius 1 is 0.920 bits per heavy atom. The van der Waals surface area contributed by atoms with Gasteiger partial charge < -0.3 is 0 Å². The second-order valence-corrected chi connectivity index (χ2v) is 7.37. The van der Waals surface area contributed by atoms with Crippen molar-refractivity contribution in [2.45, 2.75) is 6.54 Å². The molecule has 3 aromatic heterocycles. The highest BCUT2D eigenvalue weighted by Crippen LogP contribution is 2.39. The summed E-state index contributed by atoms with van der Waals surface area (Å²) >= 11 is 1.86. The van der Waals surface area contributed by atoms with Gasteiger partial charge >= 0.3 is 5.82 Å². The number of rotatable bonds is 1. The SMILES string of the molecule is c1ccc(-n2c3[n+](c4c5ccccc5sc42)Cc2cccnc2-3)cc1. The Morgan fingerprint density at radius 2 is 1.76 bits per heavy atom. The molecule has 1 aliphatic heterocycles. The first-order chi connectivity index (χ1) is 12.4. The minimum Gasteiger partial charge on any atom is -0.248 e. The summed E-state index contributed by atoms with van der Waals surface area (Å²) in [5.74, 6) is 1.19. The van der Waals surface area contributed by atoms with E-state index in [4.69, 9.17) is 4.98 Å². The minimum absolute atomic E-state index is 0.884. The summed E-state index contributed by atoms with van der Waals surface area (Å²) < 4.78 is 6.13. The Morgan fingerprint density at radius 3 is 2.68 bits per heavy atom. The molecule has 4 heterocycles. The predicted molar refractivity (Wildman–Crippen MR) is 101 cm³/mol. The molecule has 5 aromatic rings. The number of imidazole rings is 1. The van der Waals surface area contributed by atoms with E-state index in [1.807, 2.05) is 23.6 Å².